The van der Waals surface area contributed by atoms with E-state index in [1.165, 1.54) is 18.2 Å². The van der Waals surface area contributed by atoms with Crippen molar-refractivity contribution in [3.63, 3.8) is 0 Å². The minimum atomic E-state index is -0.733. The van der Waals surface area contributed by atoms with E-state index in [1.807, 2.05) is 0 Å². The van der Waals surface area contributed by atoms with Crippen LogP contribution in [0.2, 0.25) is 0 Å². The molecular weight excluding hydrogens is 264 g/mol. The molecule has 8 heteroatoms. The minimum absolute atomic E-state index is 0.0690. The van der Waals surface area contributed by atoms with Gasteiger partial charge in [0, 0.05) is 23.4 Å². The number of hydrogen-bond acceptors (Lipinski definition) is 5. The lowest BCUT2D eigenvalue weighted by Gasteiger charge is -2.08. The van der Waals surface area contributed by atoms with E-state index in [-0.39, 0.29) is 30.0 Å². The van der Waals surface area contributed by atoms with Crippen molar-refractivity contribution in [2.45, 2.75) is 0 Å². The van der Waals surface area contributed by atoms with Gasteiger partial charge in [0.2, 0.25) is 17.7 Å². The van der Waals surface area contributed by atoms with Crippen LogP contribution in [-0.2, 0) is 9.53 Å². The van der Waals surface area contributed by atoms with E-state index in [2.05, 4.69) is 5.32 Å². The summed E-state index contributed by atoms with van der Waals surface area (Å²) in [6.07, 6.45) is 0. The van der Waals surface area contributed by atoms with Crippen LogP contribution < -0.4 is 22.5 Å². The van der Waals surface area contributed by atoms with Gasteiger partial charge in [-0.1, -0.05) is 0 Å². The van der Waals surface area contributed by atoms with Crippen LogP contribution in [0.5, 0.6) is 0 Å². The smallest absolute Gasteiger partial charge is 0.250 e. The van der Waals surface area contributed by atoms with Crippen molar-refractivity contribution >= 4 is 23.4 Å². The lowest BCUT2D eigenvalue weighted by Crippen LogP contribution is -2.22. The molecule has 108 valence electrons. The van der Waals surface area contributed by atoms with Crippen LogP contribution >= 0.6 is 0 Å². The van der Waals surface area contributed by atoms with E-state index >= 15 is 0 Å². The van der Waals surface area contributed by atoms with Gasteiger partial charge >= 0.3 is 0 Å². The lowest BCUT2D eigenvalue weighted by atomic mass is 10.1. The number of rotatable bonds is 7. The van der Waals surface area contributed by atoms with Gasteiger partial charge in [-0.15, -0.1) is 0 Å². The molecule has 0 radical (unpaired) electrons. The Morgan fingerprint density at radius 1 is 1.05 bits per heavy atom. The summed E-state index contributed by atoms with van der Waals surface area (Å²) in [5.74, 6) is -1.92. The molecule has 0 saturated carbocycles. The van der Waals surface area contributed by atoms with Crippen LogP contribution in [0.4, 0.5) is 5.69 Å². The fourth-order valence-electron chi connectivity index (χ4n) is 1.43. The van der Waals surface area contributed by atoms with Gasteiger partial charge in [0.15, 0.2) is 0 Å². The van der Waals surface area contributed by atoms with E-state index in [9.17, 15) is 14.4 Å². The van der Waals surface area contributed by atoms with Crippen LogP contribution in [0.15, 0.2) is 18.2 Å². The highest BCUT2D eigenvalue weighted by Crippen LogP contribution is 2.14. The molecule has 0 aromatic heterocycles. The molecule has 0 heterocycles. The quantitative estimate of drug-likeness (QED) is 0.462. The number of amides is 3. The Hall–Kier alpha value is -2.45. The van der Waals surface area contributed by atoms with Gasteiger partial charge in [-0.05, 0) is 18.2 Å². The van der Waals surface area contributed by atoms with E-state index in [0.29, 0.717) is 6.54 Å². The molecule has 1 aromatic carbocycles. The van der Waals surface area contributed by atoms with Crippen molar-refractivity contribution in [1.82, 2.24) is 0 Å². The van der Waals surface area contributed by atoms with Gasteiger partial charge in [-0.2, -0.15) is 0 Å². The molecule has 0 spiro atoms. The standard InChI is InChI=1S/C12H16N4O4/c13-1-2-20-6-10(17)16-9-4-7(11(14)18)3-8(5-9)12(15)19/h3-5H,1-2,6,13H2,(H2,14,18)(H2,15,19)(H,16,17). The maximum Gasteiger partial charge on any atom is 0.250 e. The summed E-state index contributed by atoms with van der Waals surface area (Å²) in [7, 11) is 0. The van der Waals surface area contributed by atoms with Crippen LogP contribution in [0.1, 0.15) is 20.7 Å². The van der Waals surface area contributed by atoms with Gasteiger partial charge in [0.1, 0.15) is 6.61 Å². The van der Waals surface area contributed by atoms with E-state index in [0.717, 1.165) is 0 Å². The zero-order valence-electron chi connectivity index (χ0n) is 10.7. The van der Waals surface area contributed by atoms with Crippen molar-refractivity contribution < 1.29 is 19.1 Å². The second kappa shape index (κ2) is 7.22. The average molecular weight is 280 g/mol. The van der Waals surface area contributed by atoms with Gasteiger partial charge < -0.3 is 27.3 Å². The van der Waals surface area contributed by atoms with Crippen LogP contribution in [0.25, 0.3) is 0 Å². The number of carbonyl (C=O) groups is 3. The minimum Gasteiger partial charge on any atom is -0.370 e. The molecule has 1 rings (SSSR count). The second-order valence-electron chi connectivity index (χ2n) is 3.92. The molecule has 0 bridgehead atoms. The molecule has 1 aromatic rings. The van der Waals surface area contributed by atoms with Gasteiger partial charge in [-0.3, -0.25) is 14.4 Å². The Kier molecular flexibility index (Phi) is 5.63. The summed E-state index contributed by atoms with van der Waals surface area (Å²) < 4.78 is 4.95. The Balaban J connectivity index is 2.86. The number of benzene rings is 1. The topological polar surface area (TPSA) is 151 Å². The molecule has 0 aliphatic rings. The normalized spacial score (nSPS) is 10.1. The first-order valence-electron chi connectivity index (χ1n) is 5.76. The second-order valence-corrected chi connectivity index (χ2v) is 3.92. The summed E-state index contributed by atoms with van der Waals surface area (Å²) >= 11 is 0. The van der Waals surface area contributed by atoms with Crippen LogP contribution in [-0.4, -0.2) is 37.5 Å². The summed E-state index contributed by atoms with van der Waals surface area (Å²) in [6, 6.07) is 3.94. The highest BCUT2D eigenvalue weighted by Gasteiger charge is 2.11. The summed E-state index contributed by atoms with van der Waals surface area (Å²) in [6.45, 7) is 0.363. The SMILES string of the molecule is NCCOCC(=O)Nc1cc(C(N)=O)cc(C(N)=O)c1. The Bertz CT molecular complexity index is 498. The zero-order valence-corrected chi connectivity index (χ0v) is 10.7. The number of ether oxygens (including phenoxy) is 1. The predicted octanol–water partition coefficient (Wildman–Crippen LogP) is -1.20. The third-order valence-electron chi connectivity index (χ3n) is 2.28. The maximum absolute atomic E-state index is 11.5. The maximum atomic E-state index is 11.5. The Morgan fingerprint density at radius 2 is 1.60 bits per heavy atom. The first-order valence-corrected chi connectivity index (χ1v) is 5.76. The van der Waals surface area contributed by atoms with Crippen molar-refractivity contribution in [3.8, 4) is 0 Å². The van der Waals surface area contributed by atoms with Gasteiger partial charge in [0.05, 0.1) is 6.61 Å². The average Bonchev–Trinajstić information content (AvgIpc) is 2.38. The van der Waals surface area contributed by atoms with Crippen molar-refractivity contribution in [2.24, 2.45) is 17.2 Å². The van der Waals surface area contributed by atoms with E-state index in [1.54, 1.807) is 0 Å². The fraction of sp³-hybridized carbons (Fsp3) is 0.250. The number of anilines is 1. The molecule has 0 saturated heterocycles. The summed E-state index contributed by atoms with van der Waals surface area (Å²) in [4.78, 5) is 33.8. The van der Waals surface area contributed by atoms with Crippen molar-refractivity contribution in [3.05, 3.63) is 29.3 Å². The Labute approximate surface area is 115 Å². The number of primary amides is 2. The first-order chi connectivity index (χ1) is 9.43. The monoisotopic (exact) mass is 280 g/mol. The molecule has 0 aliphatic heterocycles. The van der Waals surface area contributed by atoms with E-state index in [4.69, 9.17) is 21.9 Å². The third-order valence-corrected chi connectivity index (χ3v) is 2.28. The summed E-state index contributed by atoms with van der Waals surface area (Å²) in [5.41, 5.74) is 15.9. The van der Waals surface area contributed by atoms with Crippen LogP contribution in [0.3, 0.4) is 0 Å². The number of hydrogen-bond donors (Lipinski definition) is 4. The first kappa shape index (κ1) is 15.6. The number of nitrogens with two attached hydrogens (primary N) is 3. The Morgan fingerprint density at radius 3 is 2.05 bits per heavy atom. The highest BCUT2D eigenvalue weighted by molar-refractivity contribution is 6.01. The molecule has 0 atom stereocenters. The van der Waals surface area contributed by atoms with Crippen molar-refractivity contribution in [1.29, 1.82) is 0 Å². The molecule has 8 nitrogen and oxygen atoms in total. The molecule has 0 unspecified atom stereocenters. The molecule has 3 amide bonds. The lowest BCUT2D eigenvalue weighted by molar-refractivity contribution is -0.120. The summed E-state index contributed by atoms with van der Waals surface area (Å²) in [5, 5.41) is 2.47. The fourth-order valence-corrected chi connectivity index (χ4v) is 1.43. The number of nitrogens with one attached hydrogen (secondary N) is 1. The van der Waals surface area contributed by atoms with E-state index < -0.39 is 17.7 Å². The van der Waals surface area contributed by atoms with Crippen molar-refractivity contribution in [2.75, 3.05) is 25.1 Å². The molecule has 0 aliphatic carbocycles. The highest BCUT2D eigenvalue weighted by atomic mass is 16.5. The van der Waals surface area contributed by atoms with Crippen LogP contribution in [0, 0.1) is 0 Å². The molecule has 7 N–H and O–H groups in total. The van der Waals surface area contributed by atoms with Gasteiger partial charge in [0.25, 0.3) is 0 Å². The largest absolute Gasteiger partial charge is 0.370 e. The molecular formula is C12H16N4O4. The molecule has 0 fully saturated rings. The zero-order chi connectivity index (χ0) is 15.1. The predicted molar refractivity (Wildman–Crippen MR) is 72.0 cm³/mol. The number of carbonyl (C=O) groups excluding carboxylic acids is 3. The van der Waals surface area contributed by atoms with Gasteiger partial charge in [-0.25, -0.2) is 0 Å². The molecule has 20 heavy (non-hydrogen) atoms. The third kappa shape index (κ3) is 4.67.